The quantitative estimate of drug-likeness (QED) is 0.909. The minimum atomic E-state index is -0.818. The molecule has 0 fully saturated rings. The molecule has 1 aromatic carbocycles. The van der Waals surface area contributed by atoms with E-state index in [1.807, 2.05) is 54.6 Å². The van der Waals surface area contributed by atoms with Gasteiger partial charge < -0.3 is 10.5 Å². The number of hydrogen-bond donors (Lipinski definition) is 2. The number of primary amides is 1. The summed E-state index contributed by atoms with van der Waals surface area (Å²) < 4.78 is 6.22. The maximum absolute atomic E-state index is 11.8. The Morgan fingerprint density at radius 1 is 1.32 bits per heavy atom. The summed E-state index contributed by atoms with van der Waals surface area (Å²) in [4.78, 5) is 11.8. The summed E-state index contributed by atoms with van der Waals surface area (Å²) in [6, 6.07) is 9.48. The van der Waals surface area contributed by atoms with Gasteiger partial charge in [-0.3, -0.25) is 9.89 Å². The molecule has 0 saturated heterocycles. The standard InChI is InChI=1S/C17H17N3O2/c1-12-14(16(18)21)15(20-19-12)17(10-6-3-7-11-17)22-13-8-4-2-5-9-13/h2-10H,11H2,1H3,(H2,18,21)(H,19,20). The molecule has 0 bridgehead atoms. The number of para-hydroxylation sites is 1. The molecule has 1 atom stereocenters. The second kappa shape index (κ2) is 5.52. The van der Waals surface area contributed by atoms with Crippen molar-refractivity contribution in [1.82, 2.24) is 10.2 Å². The average Bonchev–Trinajstić information content (AvgIpc) is 2.92. The Morgan fingerprint density at radius 3 is 2.73 bits per heavy atom. The van der Waals surface area contributed by atoms with Crippen molar-refractivity contribution in [3.8, 4) is 5.75 Å². The van der Waals surface area contributed by atoms with Gasteiger partial charge in [0, 0.05) is 6.42 Å². The van der Waals surface area contributed by atoms with Crippen molar-refractivity contribution in [2.45, 2.75) is 18.9 Å². The van der Waals surface area contributed by atoms with E-state index in [-0.39, 0.29) is 0 Å². The largest absolute Gasteiger partial charge is 0.476 e. The minimum Gasteiger partial charge on any atom is -0.476 e. The van der Waals surface area contributed by atoms with Gasteiger partial charge in [0.25, 0.3) is 5.91 Å². The van der Waals surface area contributed by atoms with Crippen LogP contribution in [0.2, 0.25) is 0 Å². The number of carbonyl (C=O) groups excluding carboxylic acids is 1. The Hall–Kier alpha value is -2.82. The lowest BCUT2D eigenvalue weighted by Gasteiger charge is -2.32. The summed E-state index contributed by atoms with van der Waals surface area (Å²) in [7, 11) is 0. The fourth-order valence-corrected chi connectivity index (χ4v) is 2.65. The molecule has 5 heteroatoms. The van der Waals surface area contributed by atoms with Gasteiger partial charge in [-0.15, -0.1) is 0 Å². The maximum atomic E-state index is 11.8. The zero-order valence-corrected chi connectivity index (χ0v) is 12.2. The van der Waals surface area contributed by atoms with Gasteiger partial charge in [-0.1, -0.05) is 36.4 Å². The summed E-state index contributed by atoms with van der Waals surface area (Å²) in [5.74, 6) is 0.199. The molecule has 0 saturated carbocycles. The van der Waals surface area contributed by atoms with E-state index in [0.29, 0.717) is 29.1 Å². The van der Waals surface area contributed by atoms with Gasteiger partial charge in [0.05, 0.1) is 17.0 Å². The van der Waals surface area contributed by atoms with E-state index >= 15 is 0 Å². The highest BCUT2D eigenvalue weighted by molar-refractivity contribution is 5.95. The first kappa shape index (κ1) is 14.1. The number of rotatable bonds is 4. The van der Waals surface area contributed by atoms with Gasteiger partial charge in [0.1, 0.15) is 5.75 Å². The topological polar surface area (TPSA) is 81.0 Å². The van der Waals surface area contributed by atoms with Crippen LogP contribution in [0.4, 0.5) is 0 Å². The third-order valence-corrected chi connectivity index (χ3v) is 3.69. The summed E-state index contributed by atoms with van der Waals surface area (Å²) in [5.41, 5.74) is 6.25. The Balaban J connectivity index is 2.10. The third kappa shape index (κ3) is 2.41. The van der Waals surface area contributed by atoms with Crippen molar-refractivity contribution in [3.63, 3.8) is 0 Å². The molecular weight excluding hydrogens is 278 g/mol. The summed E-state index contributed by atoms with van der Waals surface area (Å²) >= 11 is 0. The van der Waals surface area contributed by atoms with Crippen LogP contribution in [0.3, 0.4) is 0 Å². The molecule has 1 aliphatic rings. The molecule has 1 amide bonds. The van der Waals surface area contributed by atoms with Crippen LogP contribution in [0.1, 0.15) is 28.2 Å². The number of ether oxygens (including phenoxy) is 1. The molecule has 1 aromatic heterocycles. The minimum absolute atomic E-state index is 0.385. The molecule has 2 aromatic rings. The molecule has 22 heavy (non-hydrogen) atoms. The van der Waals surface area contributed by atoms with Crippen molar-refractivity contribution in [2.75, 3.05) is 0 Å². The molecular formula is C17H17N3O2. The average molecular weight is 295 g/mol. The van der Waals surface area contributed by atoms with Crippen LogP contribution in [-0.4, -0.2) is 16.1 Å². The normalized spacial score (nSPS) is 20.0. The molecule has 1 aliphatic carbocycles. The fraction of sp³-hybridized carbons (Fsp3) is 0.176. The Morgan fingerprint density at radius 2 is 2.09 bits per heavy atom. The van der Waals surface area contributed by atoms with E-state index in [1.54, 1.807) is 6.92 Å². The lowest BCUT2D eigenvalue weighted by atomic mass is 9.88. The molecule has 1 unspecified atom stereocenters. The molecule has 0 spiro atoms. The number of aromatic nitrogens is 2. The number of H-pyrrole nitrogens is 1. The van der Waals surface area contributed by atoms with Crippen molar-refractivity contribution < 1.29 is 9.53 Å². The Labute approximate surface area is 128 Å². The van der Waals surface area contributed by atoms with Crippen LogP contribution >= 0.6 is 0 Å². The number of nitrogens with zero attached hydrogens (tertiary/aromatic N) is 1. The highest BCUT2D eigenvalue weighted by Gasteiger charge is 2.38. The van der Waals surface area contributed by atoms with E-state index in [9.17, 15) is 4.79 Å². The van der Waals surface area contributed by atoms with E-state index in [2.05, 4.69) is 10.2 Å². The second-order valence-corrected chi connectivity index (χ2v) is 5.22. The van der Waals surface area contributed by atoms with Crippen LogP contribution in [0.5, 0.6) is 5.75 Å². The fourth-order valence-electron chi connectivity index (χ4n) is 2.65. The Bertz CT molecular complexity index is 747. The van der Waals surface area contributed by atoms with E-state index in [0.717, 1.165) is 0 Å². The third-order valence-electron chi connectivity index (χ3n) is 3.69. The van der Waals surface area contributed by atoms with Crippen LogP contribution in [0.25, 0.3) is 0 Å². The number of benzene rings is 1. The van der Waals surface area contributed by atoms with E-state index in [4.69, 9.17) is 10.5 Å². The van der Waals surface area contributed by atoms with Gasteiger partial charge >= 0.3 is 0 Å². The van der Waals surface area contributed by atoms with Crippen LogP contribution in [0.15, 0.2) is 54.6 Å². The smallest absolute Gasteiger partial charge is 0.252 e. The zero-order valence-electron chi connectivity index (χ0n) is 12.2. The van der Waals surface area contributed by atoms with Gasteiger partial charge in [-0.25, -0.2) is 0 Å². The first-order valence-corrected chi connectivity index (χ1v) is 7.06. The molecule has 1 heterocycles. The van der Waals surface area contributed by atoms with Crippen LogP contribution < -0.4 is 10.5 Å². The summed E-state index contributed by atoms with van der Waals surface area (Å²) in [6.45, 7) is 1.75. The Kier molecular flexibility index (Phi) is 3.55. The van der Waals surface area contributed by atoms with Gasteiger partial charge in [0.15, 0.2) is 5.60 Å². The highest BCUT2D eigenvalue weighted by atomic mass is 16.5. The predicted octanol–water partition coefficient (Wildman–Crippen LogP) is 2.61. The molecule has 112 valence electrons. The van der Waals surface area contributed by atoms with Crippen LogP contribution in [0, 0.1) is 6.92 Å². The monoisotopic (exact) mass is 295 g/mol. The first-order valence-electron chi connectivity index (χ1n) is 7.06. The number of amides is 1. The van der Waals surface area contributed by atoms with Crippen molar-refractivity contribution in [1.29, 1.82) is 0 Å². The summed E-state index contributed by atoms with van der Waals surface area (Å²) in [6.07, 6.45) is 8.33. The predicted molar refractivity (Wildman–Crippen MR) is 83.5 cm³/mol. The number of aryl methyl sites for hydroxylation is 1. The maximum Gasteiger partial charge on any atom is 0.252 e. The number of nitrogens with two attached hydrogens (primary N) is 1. The van der Waals surface area contributed by atoms with Gasteiger partial charge in [-0.2, -0.15) is 5.10 Å². The van der Waals surface area contributed by atoms with Crippen molar-refractivity contribution in [3.05, 3.63) is 71.6 Å². The molecule has 0 radical (unpaired) electrons. The lowest BCUT2D eigenvalue weighted by Crippen LogP contribution is -2.34. The molecule has 3 rings (SSSR count). The SMILES string of the molecule is Cc1n[nH]c(C2(Oc3ccccc3)C=CC=CC2)c1C(N)=O. The number of hydrogen-bond acceptors (Lipinski definition) is 3. The van der Waals surface area contributed by atoms with Gasteiger partial charge in [-0.05, 0) is 25.1 Å². The molecule has 3 N–H and O–H groups in total. The number of nitrogens with one attached hydrogen (secondary N) is 1. The molecule has 5 nitrogen and oxygen atoms in total. The summed E-state index contributed by atoms with van der Waals surface area (Å²) in [5, 5.41) is 7.06. The number of allylic oxidation sites excluding steroid dienone is 2. The van der Waals surface area contributed by atoms with Gasteiger partial charge in [0.2, 0.25) is 0 Å². The van der Waals surface area contributed by atoms with Crippen LogP contribution in [-0.2, 0) is 5.60 Å². The number of aromatic amines is 1. The highest BCUT2D eigenvalue weighted by Crippen LogP contribution is 2.36. The zero-order chi connectivity index (χ0) is 15.6. The number of carbonyl (C=O) groups is 1. The lowest BCUT2D eigenvalue weighted by molar-refractivity contribution is 0.0965. The second-order valence-electron chi connectivity index (χ2n) is 5.22. The first-order chi connectivity index (χ1) is 10.6. The van der Waals surface area contributed by atoms with E-state index < -0.39 is 11.5 Å². The van der Waals surface area contributed by atoms with Crippen molar-refractivity contribution >= 4 is 5.91 Å². The van der Waals surface area contributed by atoms with Crippen molar-refractivity contribution in [2.24, 2.45) is 5.73 Å². The molecule has 0 aliphatic heterocycles. The van der Waals surface area contributed by atoms with E-state index in [1.165, 1.54) is 0 Å².